The Hall–Kier alpha value is -2.22. The zero-order valence-electron chi connectivity index (χ0n) is 15.4. The second-order valence-electron chi connectivity index (χ2n) is 7.05. The molecule has 1 fully saturated rings. The molecule has 3 N–H and O–H groups in total. The van der Waals surface area contributed by atoms with Crippen molar-refractivity contribution in [3.8, 4) is 0 Å². The maximum absolute atomic E-state index is 12.8. The second-order valence-corrected chi connectivity index (χ2v) is 8.79. The van der Waals surface area contributed by atoms with Crippen LogP contribution in [-0.2, 0) is 20.4 Å². The average molecular weight is 388 g/mol. The molecule has 0 unspecified atom stereocenters. The number of aliphatic hydroxyl groups is 1. The molecule has 2 aromatic carbocycles. The molecule has 7 heteroatoms. The number of carbonyl (C=O) groups is 1. The smallest absolute Gasteiger partial charge is 0.240 e. The fourth-order valence-corrected chi connectivity index (χ4v) is 4.58. The largest absolute Gasteiger partial charge is 0.383 e. The monoisotopic (exact) mass is 388 g/mol. The predicted octanol–water partition coefficient (Wildman–Crippen LogP) is 2.53. The molecule has 0 heterocycles. The van der Waals surface area contributed by atoms with E-state index in [-0.39, 0.29) is 23.3 Å². The third kappa shape index (κ3) is 4.37. The lowest BCUT2D eigenvalue weighted by molar-refractivity contribution is -0.114. The van der Waals surface area contributed by atoms with E-state index in [9.17, 15) is 18.3 Å². The first-order chi connectivity index (χ1) is 12.7. The molecule has 6 nitrogen and oxygen atoms in total. The van der Waals surface area contributed by atoms with Crippen LogP contribution in [0.3, 0.4) is 0 Å². The van der Waals surface area contributed by atoms with E-state index >= 15 is 0 Å². The van der Waals surface area contributed by atoms with Gasteiger partial charge in [0.05, 0.1) is 4.90 Å². The normalized spacial score (nSPS) is 16.6. The van der Waals surface area contributed by atoms with Gasteiger partial charge in [-0.1, -0.05) is 30.3 Å². The summed E-state index contributed by atoms with van der Waals surface area (Å²) in [6.07, 6.45) is 1.75. The Labute approximate surface area is 159 Å². The lowest BCUT2D eigenvalue weighted by Crippen LogP contribution is -2.42. The van der Waals surface area contributed by atoms with Crippen molar-refractivity contribution in [3.05, 3.63) is 59.7 Å². The van der Waals surface area contributed by atoms with Gasteiger partial charge in [-0.15, -0.1) is 0 Å². The summed E-state index contributed by atoms with van der Waals surface area (Å²) < 4.78 is 28.2. The zero-order valence-corrected chi connectivity index (χ0v) is 16.2. The lowest BCUT2D eigenvalue weighted by atomic mass is 9.89. The summed E-state index contributed by atoms with van der Waals surface area (Å²) in [7, 11) is -3.81. The molecule has 0 bridgehead atoms. The maximum atomic E-state index is 12.8. The van der Waals surface area contributed by atoms with Crippen molar-refractivity contribution in [2.24, 2.45) is 5.92 Å². The highest BCUT2D eigenvalue weighted by Gasteiger charge is 2.45. The fraction of sp³-hybridized carbons (Fsp3) is 0.350. The van der Waals surface area contributed by atoms with Crippen molar-refractivity contribution >= 4 is 21.6 Å². The molecule has 1 aliphatic carbocycles. The van der Waals surface area contributed by atoms with Crippen molar-refractivity contribution in [3.63, 3.8) is 0 Å². The zero-order chi connectivity index (χ0) is 19.7. The Morgan fingerprint density at radius 2 is 1.85 bits per heavy atom. The predicted molar refractivity (Wildman–Crippen MR) is 104 cm³/mol. The van der Waals surface area contributed by atoms with Gasteiger partial charge < -0.3 is 10.4 Å². The van der Waals surface area contributed by atoms with Gasteiger partial charge in [0.25, 0.3) is 0 Å². The fourth-order valence-electron chi connectivity index (χ4n) is 3.28. The summed E-state index contributed by atoms with van der Waals surface area (Å²) in [4.78, 5) is 11.3. The summed E-state index contributed by atoms with van der Waals surface area (Å²) in [6, 6.07) is 13.8. The molecular formula is C20H24N2O4S. The molecule has 0 aliphatic heterocycles. The van der Waals surface area contributed by atoms with Crippen LogP contribution in [0.15, 0.2) is 53.4 Å². The minimum Gasteiger partial charge on any atom is -0.383 e. The minimum absolute atomic E-state index is 0.0471. The van der Waals surface area contributed by atoms with Gasteiger partial charge in [0.2, 0.25) is 15.9 Å². The van der Waals surface area contributed by atoms with Gasteiger partial charge in [0, 0.05) is 19.2 Å². The lowest BCUT2D eigenvalue weighted by Gasteiger charge is -2.29. The summed E-state index contributed by atoms with van der Waals surface area (Å²) in [5, 5.41) is 13.8. The van der Waals surface area contributed by atoms with Gasteiger partial charge in [0.1, 0.15) is 5.60 Å². The van der Waals surface area contributed by atoms with Gasteiger partial charge >= 0.3 is 0 Å². The number of carbonyl (C=O) groups excluding carboxylic acids is 1. The van der Waals surface area contributed by atoms with Crippen molar-refractivity contribution in [1.29, 1.82) is 0 Å². The standard InChI is InChI=1S/C20H24N2O4S/c1-14-12-18(22-15(2)23)10-11-19(14)27(25,26)21-13-20(24,17-8-9-17)16-6-4-3-5-7-16/h3-7,10-12,17,21,24H,8-9,13H2,1-2H3,(H,22,23)/t20-/m0/s1. The molecule has 27 heavy (non-hydrogen) atoms. The van der Waals surface area contributed by atoms with Crippen LogP contribution >= 0.6 is 0 Å². The highest BCUT2D eigenvalue weighted by Crippen LogP contribution is 2.45. The van der Waals surface area contributed by atoms with Crippen LogP contribution in [0.2, 0.25) is 0 Å². The number of nitrogens with one attached hydrogen (secondary N) is 2. The van der Waals surface area contributed by atoms with Gasteiger partial charge in [-0.25, -0.2) is 13.1 Å². The third-order valence-corrected chi connectivity index (χ3v) is 6.40. The van der Waals surface area contributed by atoms with Gasteiger partial charge in [-0.2, -0.15) is 0 Å². The molecule has 1 saturated carbocycles. The van der Waals surface area contributed by atoms with Gasteiger partial charge in [0.15, 0.2) is 0 Å². The van der Waals surface area contributed by atoms with E-state index in [1.54, 1.807) is 19.1 Å². The quantitative estimate of drug-likeness (QED) is 0.679. The van der Waals surface area contributed by atoms with Crippen molar-refractivity contribution < 1.29 is 18.3 Å². The summed E-state index contributed by atoms with van der Waals surface area (Å²) in [5.41, 5.74) is 0.548. The summed E-state index contributed by atoms with van der Waals surface area (Å²) in [5.74, 6) is -0.175. The number of rotatable bonds is 7. The molecule has 0 aromatic heterocycles. The van der Waals surface area contributed by atoms with Crippen LogP contribution in [0.1, 0.15) is 30.9 Å². The van der Waals surface area contributed by atoms with E-state index in [4.69, 9.17) is 0 Å². The number of hydrogen-bond donors (Lipinski definition) is 3. The molecule has 1 aliphatic rings. The van der Waals surface area contributed by atoms with Gasteiger partial charge in [-0.05, 0) is 55.0 Å². The number of benzene rings is 2. The Morgan fingerprint density at radius 1 is 1.19 bits per heavy atom. The second kappa shape index (κ2) is 7.42. The SMILES string of the molecule is CC(=O)Nc1ccc(S(=O)(=O)NC[C@](O)(c2ccccc2)C2CC2)c(C)c1. The van der Waals surface area contributed by atoms with Crippen LogP contribution in [-0.4, -0.2) is 26.0 Å². The van der Waals surface area contributed by atoms with E-state index < -0.39 is 15.6 Å². The third-order valence-electron chi connectivity index (χ3n) is 4.84. The van der Waals surface area contributed by atoms with E-state index in [1.807, 2.05) is 30.3 Å². The first-order valence-electron chi connectivity index (χ1n) is 8.88. The molecule has 1 amide bonds. The van der Waals surface area contributed by atoms with Crippen LogP contribution in [0, 0.1) is 12.8 Å². The highest BCUT2D eigenvalue weighted by atomic mass is 32.2. The first kappa shape index (κ1) is 19.5. The molecule has 2 aromatic rings. The first-order valence-corrected chi connectivity index (χ1v) is 10.4. The molecular weight excluding hydrogens is 364 g/mol. The van der Waals surface area contributed by atoms with E-state index in [0.717, 1.165) is 12.8 Å². The molecule has 144 valence electrons. The van der Waals surface area contributed by atoms with Crippen LogP contribution in [0.4, 0.5) is 5.69 Å². The number of amides is 1. The van der Waals surface area contributed by atoms with Crippen molar-refractivity contribution in [2.75, 3.05) is 11.9 Å². The van der Waals surface area contributed by atoms with Crippen LogP contribution in [0.5, 0.6) is 0 Å². The van der Waals surface area contributed by atoms with Crippen LogP contribution in [0.25, 0.3) is 0 Å². The molecule has 3 rings (SSSR count). The van der Waals surface area contributed by atoms with E-state index in [2.05, 4.69) is 10.0 Å². The average Bonchev–Trinajstić information content (AvgIpc) is 3.45. The van der Waals surface area contributed by atoms with Crippen molar-refractivity contribution in [2.45, 2.75) is 37.2 Å². The topological polar surface area (TPSA) is 95.5 Å². The summed E-state index contributed by atoms with van der Waals surface area (Å²) >= 11 is 0. The minimum atomic E-state index is -3.81. The highest BCUT2D eigenvalue weighted by molar-refractivity contribution is 7.89. The molecule has 0 radical (unpaired) electrons. The van der Waals surface area contributed by atoms with Crippen LogP contribution < -0.4 is 10.0 Å². The number of hydrogen-bond acceptors (Lipinski definition) is 4. The van der Waals surface area contributed by atoms with E-state index in [0.29, 0.717) is 16.8 Å². The Balaban J connectivity index is 1.81. The number of aryl methyl sites for hydroxylation is 1. The molecule has 0 saturated heterocycles. The maximum Gasteiger partial charge on any atom is 0.240 e. The van der Waals surface area contributed by atoms with Crippen molar-refractivity contribution in [1.82, 2.24) is 4.72 Å². The summed E-state index contributed by atoms with van der Waals surface area (Å²) in [6.45, 7) is 2.98. The Kier molecular flexibility index (Phi) is 5.37. The molecule has 1 atom stereocenters. The number of anilines is 1. The number of sulfonamides is 1. The van der Waals surface area contributed by atoms with E-state index in [1.165, 1.54) is 13.0 Å². The Bertz CT molecular complexity index is 940. The Morgan fingerprint density at radius 3 is 2.41 bits per heavy atom. The molecule has 0 spiro atoms. The van der Waals surface area contributed by atoms with Gasteiger partial charge in [-0.3, -0.25) is 4.79 Å².